The second-order valence-electron chi connectivity index (χ2n) is 4.03. The van der Waals surface area contributed by atoms with Crippen LogP contribution in [0.25, 0.3) is 0 Å². The van der Waals surface area contributed by atoms with E-state index in [9.17, 15) is 0 Å². The van der Waals surface area contributed by atoms with Crippen molar-refractivity contribution >= 4 is 17.7 Å². The van der Waals surface area contributed by atoms with Gasteiger partial charge >= 0.3 is 0 Å². The van der Waals surface area contributed by atoms with Crippen molar-refractivity contribution in [3.63, 3.8) is 0 Å². The zero-order valence-electron chi connectivity index (χ0n) is 11.5. The average Bonchev–Trinajstić information content (AvgIpc) is 2.34. The van der Waals surface area contributed by atoms with Crippen LogP contribution < -0.4 is 5.32 Å². The topological polar surface area (TPSA) is 27.6 Å². The third-order valence-electron chi connectivity index (χ3n) is 2.53. The van der Waals surface area contributed by atoms with Gasteiger partial charge in [-0.15, -0.1) is 6.58 Å². The van der Waals surface area contributed by atoms with Crippen LogP contribution in [0.4, 0.5) is 0 Å². The molecule has 0 saturated carbocycles. The van der Waals surface area contributed by atoms with Crippen LogP contribution in [-0.2, 0) is 0 Å². The largest absolute Gasteiger partial charge is 0.356 e. The van der Waals surface area contributed by atoms with Crippen LogP contribution in [0.3, 0.4) is 0 Å². The number of hydrogen-bond donors (Lipinski definition) is 1. The van der Waals surface area contributed by atoms with Gasteiger partial charge in [-0.25, -0.2) is 0 Å². The van der Waals surface area contributed by atoms with Crippen LogP contribution in [0, 0.1) is 0 Å². The summed E-state index contributed by atoms with van der Waals surface area (Å²) in [5.74, 6) is 2.24. The molecule has 0 atom stereocenters. The number of unbranched alkanes of at least 4 members (excludes halogenated alkanes) is 2. The van der Waals surface area contributed by atoms with E-state index in [0.717, 1.165) is 31.9 Å². The molecule has 0 aromatic rings. The fraction of sp³-hybridized carbons (Fsp3) is 0.769. The highest BCUT2D eigenvalue weighted by Crippen LogP contribution is 1.98. The van der Waals surface area contributed by atoms with Gasteiger partial charge in [-0.1, -0.05) is 6.08 Å². The molecule has 1 N–H and O–H groups in total. The Morgan fingerprint density at radius 2 is 2.18 bits per heavy atom. The van der Waals surface area contributed by atoms with Gasteiger partial charge in [0, 0.05) is 27.2 Å². The van der Waals surface area contributed by atoms with Gasteiger partial charge in [0.15, 0.2) is 5.96 Å². The summed E-state index contributed by atoms with van der Waals surface area (Å²) in [5.41, 5.74) is 0. The van der Waals surface area contributed by atoms with E-state index >= 15 is 0 Å². The van der Waals surface area contributed by atoms with E-state index < -0.39 is 0 Å². The van der Waals surface area contributed by atoms with Crippen LogP contribution in [0.2, 0.25) is 0 Å². The Hall–Kier alpha value is -0.640. The molecule has 0 heterocycles. The van der Waals surface area contributed by atoms with Crippen LogP contribution >= 0.6 is 11.8 Å². The number of hydrogen-bond acceptors (Lipinski definition) is 2. The minimum Gasteiger partial charge on any atom is -0.356 e. The Balaban J connectivity index is 3.70. The zero-order valence-corrected chi connectivity index (χ0v) is 12.4. The minimum atomic E-state index is 0.998. The maximum Gasteiger partial charge on any atom is 0.193 e. The lowest BCUT2D eigenvalue weighted by atomic mass is 10.3. The van der Waals surface area contributed by atoms with Crippen molar-refractivity contribution in [2.24, 2.45) is 4.99 Å². The Labute approximate surface area is 111 Å². The highest BCUT2D eigenvalue weighted by Gasteiger charge is 2.03. The SMILES string of the molecule is C=CCCCN(C)C(=NC)NCCCCSC. The smallest absolute Gasteiger partial charge is 0.193 e. The molecule has 0 aliphatic rings. The average molecular weight is 257 g/mol. The Bertz CT molecular complexity index is 217. The van der Waals surface area contributed by atoms with Crippen LogP contribution in [0.1, 0.15) is 25.7 Å². The number of nitrogens with one attached hydrogen (secondary N) is 1. The molecule has 0 fully saturated rings. The fourth-order valence-electron chi connectivity index (χ4n) is 1.54. The summed E-state index contributed by atoms with van der Waals surface area (Å²) in [7, 11) is 3.93. The molecule has 0 aromatic heterocycles. The van der Waals surface area contributed by atoms with Gasteiger partial charge in [0.25, 0.3) is 0 Å². The van der Waals surface area contributed by atoms with Gasteiger partial charge in [-0.3, -0.25) is 4.99 Å². The second-order valence-corrected chi connectivity index (χ2v) is 5.01. The predicted molar refractivity (Wildman–Crippen MR) is 81.0 cm³/mol. The molecule has 0 bridgehead atoms. The van der Waals surface area contributed by atoms with E-state index in [4.69, 9.17) is 0 Å². The molecule has 0 amide bonds. The molecule has 0 aliphatic carbocycles. The Morgan fingerprint density at radius 1 is 1.41 bits per heavy atom. The highest BCUT2D eigenvalue weighted by atomic mass is 32.2. The molecule has 0 unspecified atom stereocenters. The maximum atomic E-state index is 4.28. The summed E-state index contributed by atoms with van der Waals surface area (Å²) in [5, 5.41) is 3.40. The van der Waals surface area contributed by atoms with Crippen LogP contribution in [-0.4, -0.2) is 50.1 Å². The van der Waals surface area contributed by atoms with Crippen molar-refractivity contribution in [1.29, 1.82) is 0 Å². The molecular formula is C13H27N3S. The summed E-state index contributed by atoms with van der Waals surface area (Å²) in [6.07, 6.45) is 8.79. The summed E-state index contributed by atoms with van der Waals surface area (Å²) in [6, 6.07) is 0. The number of aliphatic imine (C=N–C) groups is 1. The molecule has 4 heteroatoms. The van der Waals surface area contributed by atoms with E-state index in [1.165, 1.54) is 18.6 Å². The maximum absolute atomic E-state index is 4.28. The second kappa shape index (κ2) is 11.8. The van der Waals surface area contributed by atoms with Crippen molar-refractivity contribution in [1.82, 2.24) is 10.2 Å². The van der Waals surface area contributed by atoms with Gasteiger partial charge in [-0.05, 0) is 37.7 Å². The highest BCUT2D eigenvalue weighted by molar-refractivity contribution is 7.98. The Kier molecular flexibility index (Phi) is 11.4. The first-order valence-electron chi connectivity index (χ1n) is 6.27. The van der Waals surface area contributed by atoms with E-state index in [0.29, 0.717) is 0 Å². The molecule has 100 valence electrons. The lowest BCUT2D eigenvalue weighted by Gasteiger charge is -2.21. The minimum absolute atomic E-state index is 0.998. The van der Waals surface area contributed by atoms with E-state index in [2.05, 4.69) is 35.1 Å². The lowest BCUT2D eigenvalue weighted by Crippen LogP contribution is -2.39. The number of allylic oxidation sites excluding steroid dienone is 1. The monoisotopic (exact) mass is 257 g/mol. The van der Waals surface area contributed by atoms with Crippen molar-refractivity contribution in [3.05, 3.63) is 12.7 Å². The first-order chi connectivity index (χ1) is 8.26. The van der Waals surface area contributed by atoms with E-state index in [1.54, 1.807) is 0 Å². The molecule has 0 aromatic carbocycles. The van der Waals surface area contributed by atoms with Gasteiger partial charge in [0.2, 0.25) is 0 Å². The first-order valence-corrected chi connectivity index (χ1v) is 7.67. The van der Waals surface area contributed by atoms with Crippen molar-refractivity contribution in [3.8, 4) is 0 Å². The standard InChI is InChI=1S/C13H27N3S/c1-5-6-8-11-16(3)13(14-2)15-10-7-9-12-17-4/h5H,1,6-12H2,2-4H3,(H,14,15). The molecule has 3 nitrogen and oxygen atoms in total. The number of rotatable bonds is 9. The number of nitrogens with zero attached hydrogens (tertiary/aromatic N) is 2. The molecule has 0 radical (unpaired) electrons. The molecule has 17 heavy (non-hydrogen) atoms. The molecule has 0 aliphatic heterocycles. The quantitative estimate of drug-likeness (QED) is 0.298. The molecule has 0 spiro atoms. The Morgan fingerprint density at radius 3 is 2.76 bits per heavy atom. The molecule has 0 saturated heterocycles. The van der Waals surface area contributed by atoms with Crippen LogP contribution in [0.15, 0.2) is 17.6 Å². The zero-order chi connectivity index (χ0) is 12.9. The third kappa shape index (κ3) is 9.10. The molecule has 0 rings (SSSR count). The lowest BCUT2D eigenvalue weighted by molar-refractivity contribution is 0.469. The van der Waals surface area contributed by atoms with Gasteiger partial charge < -0.3 is 10.2 Å². The normalized spacial score (nSPS) is 11.4. The van der Waals surface area contributed by atoms with Crippen LogP contribution in [0.5, 0.6) is 0 Å². The number of guanidine groups is 1. The fourth-order valence-corrected chi connectivity index (χ4v) is 2.03. The summed E-state index contributed by atoms with van der Waals surface area (Å²) < 4.78 is 0. The summed E-state index contributed by atoms with van der Waals surface area (Å²) >= 11 is 1.91. The van der Waals surface area contributed by atoms with Crippen molar-refractivity contribution < 1.29 is 0 Å². The summed E-state index contributed by atoms with van der Waals surface area (Å²) in [4.78, 5) is 6.46. The predicted octanol–water partition coefficient (Wildman–Crippen LogP) is 2.60. The van der Waals surface area contributed by atoms with Gasteiger partial charge in [0.1, 0.15) is 0 Å². The van der Waals surface area contributed by atoms with Gasteiger partial charge in [0.05, 0.1) is 0 Å². The summed E-state index contributed by atoms with van der Waals surface area (Å²) in [6.45, 7) is 5.77. The number of thioether (sulfide) groups is 1. The van der Waals surface area contributed by atoms with Crippen molar-refractivity contribution in [2.45, 2.75) is 25.7 Å². The first kappa shape index (κ1) is 16.4. The van der Waals surface area contributed by atoms with E-state index in [1.807, 2.05) is 24.9 Å². The third-order valence-corrected chi connectivity index (χ3v) is 3.23. The van der Waals surface area contributed by atoms with Crippen molar-refractivity contribution in [2.75, 3.05) is 39.2 Å². The molecular weight excluding hydrogens is 230 g/mol. The van der Waals surface area contributed by atoms with Gasteiger partial charge in [-0.2, -0.15) is 11.8 Å². The van der Waals surface area contributed by atoms with E-state index in [-0.39, 0.29) is 0 Å².